The number of rotatable bonds is 6. The summed E-state index contributed by atoms with van der Waals surface area (Å²) >= 11 is 0. The van der Waals surface area contributed by atoms with Crippen LogP contribution in [0.1, 0.15) is 12.5 Å². The van der Waals surface area contributed by atoms with Crippen molar-refractivity contribution in [1.82, 2.24) is 14.3 Å². The third-order valence-corrected chi connectivity index (χ3v) is 4.75. The molecule has 6 nitrogen and oxygen atoms in total. The molecule has 0 radical (unpaired) electrons. The van der Waals surface area contributed by atoms with Gasteiger partial charge in [0.15, 0.2) is 0 Å². The number of anilines is 1. The van der Waals surface area contributed by atoms with Crippen molar-refractivity contribution in [2.24, 2.45) is 0 Å². The molecular weight excluding hydrogens is 288 g/mol. The van der Waals surface area contributed by atoms with Crippen molar-refractivity contribution in [2.75, 3.05) is 18.9 Å². The molecule has 2 aromatic heterocycles. The van der Waals surface area contributed by atoms with Gasteiger partial charge in [-0.05, 0) is 30.7 Å². The molecule has 1 N–H and O–H groups in total. The predicted octanol–water partition coefficient (Wildman–Crippen LogP) is 1.73. The Kier molecular flexibility index (Phi) is 4.87. The van der Waals surface area contributed by atoms with Gasteiger partial charge in [-0.2, -0.15) is 4.31 Å². The summed E-state index contributed by atoms with van der Waals surface area (Å²) in [5.41, 5.74) is 0.886. The molecule has 112 valence electrons. The minimum atomic E-state index is -3.55. The number of nitrogens with one attached hydrogen (secondary N) is 1. The van der Waals surface area contributed by atoms with Crippen LogP contribution < -0.4 is 5.32 Å². The third-order valence-electron chi connectivity index (χ3n) is 2.95. The lowest BCUT2D eigenvalue weighted by Gasteiger charge is -2.17. The zero-order chi connectivity index (χ0) is 15.3. The largest absolute Gasteiger partial charge is 0.370 e. The lowest BCUT2D eigenvalue weighted by molar-refractivity contribution is 0.466. The highest BCUT2D eigenvalue weighted by Crippen LogP contribution is 2.18. The Morgan fingerprint density at radius 2 is 1.90 bits per heavy atom. The van der Waals surface area contributed by atoms with Gasteiger partial charge in [0.2, 0.25) is 10.0 Å². The molecule has 0 aromatic carbocycles. The van der Waals surface area contributed by atoms with E-state index in [1.807, 2.05) is 6.92 Å². The molecule has 0 saturated carbocycles. The van der Waals surface area contributed by atoms with E-state index in [2.05, 4.69) is 15.3 Å². The van der Waals surface area contributed by atoms with Crippen LogP contribution >= 0.6 is 0 Å². The summed E-state index contributed by atoms with van der Waals surface area (Å²) in [4.78, 5) is 8.23. The first-order chi connectivity index (χ1) is 10.0. The Bertz CT molecular complexity index is 689. The summed E-state index contributed by atoms with van der Waals surface area (Å²) in [5, 5.41) is 3.01. The lowest BCUT2D eigenvalue weighted by Crippen LogP contribution is -2.26. The molecule has 0 fully saturated rings. The molecule has 0 atom stereocenters. The number of hydrogen-bond donors (Lipinski definition) is 1. The maximum atomic E-state index is 12.5. The van der Waals surface area contributed by atoms with Gasteiger partial charge in [0, 0.05) is 44.8 Å². The highest BCUT2D eigenvalue weighted by atomic mass is 32.2. The molecule has 0 unspecified atom stereocenters. The Labute approximate surface area is 124 Å². The van der Waals surface area contributed by atoms with Gasteiger partial charge in [0.05, 0.1) is 4.90 Å². The standard InChI is InChI=1S/C14H18N4O2S/c1-3-16-14-10-13(6-9-17-14)21(19,20)18(2)11-12-4-7-15-8-5-12/h4-10H,3,11H2,1-2H3,(H,16,17). The van der Waals surface area contributed by atoms with Gasteiger partial charge in [-0.15, -0.1) is 0 Å². The molecule has 0 aliphatic rings. The molecule has 2 rings (SSSR count). The molecule has 0 spiro atoms. The highest BCUT2D eigenvalue weighted by Gasteiger charge is 2.21. The second-order valence-electron chi connectivity index (χ2n) is 4.52. The monoisotopic (exact) mass is 306 g/mol. The topological polar surface area (TPSA) is 75.2 Å². The Morgan fingerprint density at radius 3 is 2.57 bits per heavy atom. The zero-order valence-corrected chi connectivity index (χ0v) is 12.8. The summed E-state index contributed by atoms with van der Waals surface area (Å²) in [6, 6.07) is 6.63. The number of aromatic nitrogens is 2. The predicted molar refractivity (Wildman–Crippen MR) is 81.3 cm³/mol. The molecule has 0 aliphatic heterocycles. The Hall–Kier alpha value is -1.99. The van der Waals surface area contributed by atoms with Gasteiger partial charge < -0.3 is 5.32 Å². The minimum absolute atomic E-state index is 0.227. The molecule has 0 amide bonds. The molecule has 7 heteroatoms. The first-order valence-electron chi connectivity index (χ1n) is 6.59. The van der Waals surface area contributed by atoms with E-state index in [4.69, 9.17) is 0 Å². The SMILES string of the molecule is CCNc1cc(S(=O)(=O)N(C)Cc2ccncc2)ccn1. The van der Waals surface area contributed by atoms with Crippen molar-refractivity contribution in [3.05, 3.63) is 48.4 Å². The van der Waals surface area contributed by atoms with E-state index in [1.54, 1.807) is 37.6 Å². The van der Waals surface area contributed by atoms with Gasteiger partial charge in [-0.3, -0.25) is 4.98 Å². The van der Waals surface area contributed by atoms with Gasteiger partial charge in [-0.25, -0.2) is 13.4 Å². The lowest BCUT2D eigenvalue weighted by atomic mass is 10.3. The van der Waals surface area contributed by atoms with Gasteiger partial charge >= 0.3 is 0 Å². The van der Waals surface area contributed by atoms with Crippen molar-refractivity contribution in [3.63, 3.8) is 0 Å². The molecule has 2 heterocycles. The molecule has 21 heavy (non-hydrogen) atoms. The van der Waals surface area contributed by atoms with Crippen LogP contribution in [0.25, 0.3) is 0 Å². The van der Waals surface area contributed by atoms with Crippen LogP contribution in [-0.2, 0) is 16.6 Å². The van der Waals surface area contributed by atoms with E-state index in [9.17, 15) is 8.42 Å². The summed E-state index contributed by atoms with van der Waals surface area (Å²) in [5.74, 6) is 0.552. The average molecular weight is 306 g/mol. The van der Waals surface area contributed by atoms with E-state index in [0.29, 0.717) is 18.9 Å². The zero-order valence-electron chi connectivity index (χ0n) is 12.0. The number of nitrogens with zero attached hydrogens (tertiary/aromatic N) is 3. The molecular formula is C14H18N4O2S. The first kappa shape index (κ1) is 15.4. The van der Waals surface area contributed by atoms with Gasteiger partial charge in [0.25, 0.3) is 0 Å². The van der Waals surface area contributed by atoms with Gasteiger partial charge in [-0.1, -0.05) is 0 Å². The van der Waals surface area contributed by atoms with E-state index >= 15 is 0 Å². The average Bonchev–Trinajstić information content (AvgIpc) is 2.49. The Morgan fingerprint density at radius 1 is 1.19 bits per heavy atom. The second-order valence-corrected chi connectivity index (χ2v) is 6.57. The van der Waals surface area contributed by atoms with Crippen LogP contribution in [0, 0.1) is 0 Å². The van der Waals surface area contributed by atoms with Crippen molar-refractivity contribution in [2.45, 2.75) is 18.4 Å². The molecule has 2 aromatic rings. The fourth-order valence-electron chi connectivity index (χ4n) is 1.86. The maximum Gasteiger partial charge on any atom is 0.243 e. The van der Waals surface area contributed by atoms with Crippen molar-refractivity contribution >= 4 is 15.8 Å². The first-order valence-corrected chi connectivity index (χ1v) is 8.03. The van der Waals surface area contributed by atoms with E-state index in [0.717, 1.165) is 5.56 Å². The number of hydrogen-bond acceptors (Lipinski definition) is 5. The van der Waals surface area contributed by atoms with Crippen LogP contribution in [-0.4, -0.2) is 36.3 Å². The maximum absolute atomic E-state index is 12.5. The van der Waals surface area contributed by atoms with Crippen molar-refractivity contribution < 1.29 is 8.42 Å². The van der Waals surface area contributed by atoms with Crippen LogP contribution in [0.5, 0.6) is 0 Å². The normalized spacial score (nSPS) is 11.6. The van der Waals surface area contributed by atoms with Crippen molar-refractivity contribution in [1.29, 1.82) is 0 Å². The van der Waals surface area contributed by atoms with Crippen LogP contribution in [0.3, 0.4) is 0 Å². The molecule has 0 aliphatic carbocycles. The number of sulfonamides is 1. The summed E-state index contributed by atoms with van der Waals surface area (Å²) in [6.45, 7) is 2.91. The van der Waals surface area contributed by atoms with E-state index in [-0.39, 0.29) is 4.90 Å². The number of pyridine rings is 2. The highest BCUT2D eigenvalue weighted by molar-refractivity contribution is 7.89. The van der Waals surface area contributed by atoms with E-state index < -0.39 is 10.0 Å². The second kappa shape index (κ2) is 6.64. The van der Waals surface area contributed by atoms with E-state index in [1.165, 1.54) is 16.6 Å². The molecule has 0 saturated heterocycles. The quantitative estimate of drug-likeness (QED) is 0.879. The van der Waals surface area contributed by atoms with Gasteiger partial charge in [0.1, 0.15) is 5.82 Å². The smallest absolute Gasteiger partial charge is 0.243 e. The molecule has 0 bridgehead atoms. The summed E-state index contributed by atoms with van der Waals surface area (Å²) < 4.78 is 26.4. The summed E-state index contributed by atoms with van der Waals surface area (Å²) in [7, 11) is -1.99. The Balaban J connectivity index is 2.22. The third kappa shape index (κ3) is 3.77. The van der Waals surface area contributed by atoms with Crippen LogP contribution in [0.4, 0.5) is 5.82 Å². The van der Waals surface area contributed by atoms with Crippen LogP contribution in [0.2, 0.25) is 0 Å². The minimum Gasteiger partial charge on any atom is -0.370 e. The summed E-state index contributed by atoms with van der Waals surface area (Å²) in [6.07, 6.45) is 4.78. The van der Waals surface area contributed by atoms with Crippen LogP contribution in [0.15, 0.2) is 47.8 Å². The van der Waals surface area contributed by atoms with Crippen molar-refractivity contribution in [3.8, 4) is 0 Å². The fraction of sp³-hybridized carbons (Fsp3) is 0.286. The fourth-order valence-corrected chi connectivity index (χ4v) is 3.03.